The summed E-state index contributed by atoms with van der Waals surface area (Å²) in [5, 5.41) is 14.0. The first-order valence-corrected chi connectivity index (χ1v) is 8.37. The molecule has 0 spiro atoms. The second kappa shape index (κ2) is 6.40. The van der Waals surface area contributed by atoms with E-state index in [1.165, 1.54) is 22.5 Å². The minimum atomic E-state index is -3.82. The number of nitrogens with zero attached hydrogens (tertiary/aromatic N) is 2. The van der Waals surface area contributed by atoms with Crippen LogP contribution >= 0.6 is 0 Å². The van der Waals surface area contributed by atoms with Crippen LogP contribution in [0.2, 0.25) is 0 Å². The maximum atomic E-state index is 12.7. The second-order valence-electron chi connectivity index (χ2n) is 5.01. The summed E-state index contributed by atoms with van der Waals surface area (Å²) >= 11 is 0. The lowest BCUT2D eigenvalue weighted by Crippen LogP contribution is -2.32. The van der Waals surface area contributed by atoms with Crippen LogP contribution in [0.4, 0.5) is 11.4 Å². The van der Waals surface area contributed by atoms with Gasteiger partial charge in [0.2, 0.25) is 10.0 Å². The molecule has 8 heteroatoms. The Hall–Kier alpha value is -1.67. The third-order valence-corrected chi connectivity index (χ3v) is 5.57. The molecule has 0 aliphatic carbocycles. The first kappa shape index (κ1) is 15.7. The van der Waals surface area contributed by atoms with Crippen LogP contribution in [0.25, 0.3) is 0 Å². The highest BCUT2D eigenvalue weighted by atomic mass is 32.2. The number of rotatable bonds is 4. The molecule has 0 atom stereocenters. The van der Waals surface area contributed by atoms with Crippen molar-refractivity contribution in [1.82, 2.24) is 4.31 Å². The number of benzene rings is 1. The predicted molar refractivity (Wildman–Crippen MR) is 79.9 cm³/mol. The average Bonchev–Trinajstić information content (AvgIpc) is 2.76. The summed E-state index contributed by atoms with van der Waals surface area (Å²) in [5.41, 5.74) is 0.127. The van der Waals surface area contributed by atoms with Crippen molar-refractivity contribution in [3.8, 4) is 0 Å². The smallest absolute Gasteiger partial charge is 0.291 e. The average molecular weight is 313 g/mol. The fraction of sp³-hybridized carbons (Fsp3) is 0.538. The molecule has 0 bridgehead atoms. The van der Waals surface area contributed by atoms with Crippen LogP contribution in [0, 0.1) is 10.1 Å². The van der Waals surface area contributed by atoms with Crippen molar-refractivity contribution >= 4 is 21.4 Å². The van der Waals surface area contributed by atoms with E-state index in [2.05, 4.69) is 5.32 Å². The van der Waals surface area contributed by atoms with Gasteiger partial charge in [0.15, 0.2) is 4.90 Å². The number of anilines is 1. The summed E-state index contributed by atoms with van der Waals surface area (Å²) in [5.74, 6) is 0. The van der Waals surface area contributed by atoms with Gasteiger partial charge in [0.1, 0.15) is 0 Å². The maximum absolute atomic E-state index is 12.7. The Morgan fingerprint density at radius 2 is 1.81 bits per heavy atom. The van der Waals surface area contributed by atoms with Crippen molar-refractivity contribution in [3.63, 3.8) is 0 Å². The molecule has 116 valence electrons. The van der Waals surface area contributed by atoms with Crippen LogP contribution in [0.3, 0.4) is 0 Å². The minimum Gasteiger partial charge on any atom is -0.388 e. The van der Waals surface area contributed by atoms with Gasteiger partial charge in [-0.05, 0) is 25.0 Å². The van der Waals surface area contributed by atoms with Gasteiger partial charge >= 0.3 is 0 Å². The number of nitrogens with one attached hydrogen (secondary N) is 1. The third kappa shape index (κ3) is 3.33. The molecule has 21 heavy (non-hydrogen) atoms. The van der Waals surface area contributed by atoms with Crippen LogP contribution in [0.1, 0.15) is 25.7 Å². The van der Waals surface area contributed by atoms with Crippen LogP contribution in [0.5, 0.6) is 0 Å². The van der Waals surface area contributed by atoms with E-state index in [-0.39, 0.29) is 10.6 Å². The normalized spacial score (nSPS) is 17.2. The maximum Gasteiger partial charge on any atom is 0.291 e. The number of hydrogen-bond acceptors (Lipinski definition) is 5. The molecular formula is C13H19N3O4S. The summed E-state index contributed by atoms with van der Waals surface area (Å²) in [7, 11) is -2.20. The van der Waals surface area contributed by atoms with E-state index in [9.17, 15) is 18.5 Å². The summed E-state index contributed by atoms with van der Waals surface area (Å²) < 4.78 is 26.7. The van der Waals surface area contributed by atoms with E-state index in [0.717, 1.165) is 25.7 Å². The molecule has 1 heterocycles. The van der Waals surface area contributed by atoms with Crippen molar-refractivity contribution in [3.05, 3.63) is 28.3 Å². The van der Waals surface area contributed by atoms with Gasteiger partial charge in [0, 0.05) is 31.9 Å². The van der Waals surface area contributed by atoms with E-state index in [0.29, 0.717) is 18.8 Å². The van der Waals surface area contributed by atoms with Gasteiger partial charge in [-0.15, -0.1) is 0 Å². The monoisotopic (exact) mass is 313 g/mol. The Morgan fingerprint density at radius 1 is 1.19 bits per heavy atom. The van der Waals surface area contributed by atoms with Gasteiger partial charge in [-0.1, -0.05) is 12.8 Å². The highest BCUT2D eigenvalue weighted by Crippen LogP contribution is 2.30. The molecule has 1 fully saturated rings. The standard InChI is InChI=1S/C13H19N3O4S/c1-14-11-6-7-13(12(10-11)16(17)18)21(19,20)15-8-4-2-3-5-9-15/h6-7,10,14H,2-5,8-9H2,1H3. The van der Waals surface area contributed by atoms with Crippen LogP contribution in [-0.2, 0) is 10.0 Å². The van der Waals surface area contributed by atoms with Crippen LogP contribution in [0.15, 0.2) is 23.1 Å². The molecule has 1 aliphatic heterocycles. The molecule has 0 aromatic heterocycles. The Bertz CT molecular complexity index is 622. The minimum absolute atomic E-state index is 0.228. The van der Waals surface area contributed by atoms with E-state index in [4.69, 9.17) is 0 Å². The molecule has 0 unspecified atom stereocenters. The second-order valence-corrected chi connectivity index (χ2v) is 6.91. The van der Waals surface area contributed by atoms with Crippen LogP contribution < -0.4 is 5.32 Å². The van der Waals surface area contributed by atoms with E-state index in [1.54, 1.807) is 7.05 Å². The zero-order chi connectivity index (χ0) is 15.5. The highest BCUT2D eigenvalue weighted by molar-refractivity contribution is 7.89. The lowest BCUT2D eigenvalue weighted by atomic mass is 10.2. The fourth-order valence-corrected chi connectivity index (χ4v) is 4.11. The molecule has 0 saturated carbocycles. The number of hydrogen-bond donors (Lipinski definition) is 1. The van der Waals surface area contributed by atoms with Gasteiger partial charge in [-0.3, -0.25) is 10.1 Å². The van der Waals surface area contributed by atoms with Crippen molar-refractivity contribution in [2.24, 2.45) is 0 Å². The summed E-state index contributed by atoms with van der Waals surface area (Å²) in [6, 6.07) is 4.10. The van der Waals surface area contributed by atoms with Crippen molar-refractivity contribution in [2.75, 3.05) is 25.5 Å². The molecule has 1 N–H and O–H groups in total. The largest absolute Gasteiger partial charge is 0.388 e. The van der Waals surface area contributed by atoms with Crippen molar-refractivity contribution in [2.45, 2.75) is 30.6 Å². The Morgan fingerprint density at radius 3 is 2.33 bits per heavy atom. The molecule has 1 aromatic carbocycles. The topological polar surface area (TPSA) is 92.6 Å². The van der Waals surface area contributed by atoms with Crippen molar-refractivity contribution in [1.29, 1.82) is 0 Å². The molecular weight excluding hydrogens is 294 g/mol. The summed E-state index contributed by atoms with van der Waals surface area (Å²) in [4.78, 5) is 10.3. The lowest BCUT2D eigenvalue weighted by Gasteiger charge is -2.20. The van der Waals surface area contributed by atoms with E-state index < -0.39 is 14.9 Å². The molecule has 0 radical (unpaired) electrons. The molecule has 2 rings (SSSR count). The third-order valence-electron chi connectivity index (χ3n) is 3.63. The van der Waals surface area contributed by atoms with Gasteiger partial charge < -0.3 is 5.32 Å². The summed E-state index contributed by atoms with van der Waals surface area (Å²) in [6.45, 7) is 0.848. The lowest BCUT2D eigenvalue weighted by molar-refractivity contribution is -0.387. The van der Waals surface area contributed by atoms with Gasteiger partial charge in [-0.25, -0.2) is 8.42 Å². The molecule has 1 aromatic rings. The first-order chi connectivity index (χ1) is 9.96. The highest BCUT2D eigenvalue weighted by Gasteiger charge is 2.32. The Balaban J connectivity index is 2.45. The van der Waals surface area contributed by atoms with Gasteiger partial charge in [0.25, 0.3) is 5.69 Å². The first-order valence-electron chi connectivity index (χ1n) is 6.93. The molecule has 1 aliphatic rings. The number of nitro groups is 1. The quantitative estimate of drug-likeness (QED) is 0.679. The van der Waals surface area contributed by atoms with Crippen molar-refractivity contribution < 1.29 is 13.3 Å². The predicted octanol–water partition coefficient (Wildman–Crippen LogP) is 2.20. The van der Waals surface area contributed by atoms with E-state index >= 15 is 0 Å². The molecule has 0 amide bonds. The number of sulfonamides is 1. The molecule has 7 nitrogen and oxygen atoms in total. The Labute approximate surface area is 124 Å². The zero-order valence-electron chi connectivity index (χ0n) is 11.9. The van der Waals surface area contributed by atoms with Gasteiger partial charge in [0.05, 0.1) is 4.92 Å². The summed E-state index contributed by atoms with van der Waals surface area (Å²) in [6.07, 6.45) is 3.57. The SMILES string of the molecule is CNc1ccc(S(=O)(=O)N2CCCCCC2)c([N+](=O)[O-])c1. The van der Waals surface area contributed by atoms with E-state index in [1.807, 2.05) is 0 Å². The van der Waals surface area contributed by atoms with Gasteiger partial charge in [-0.2, -0.15) is 4.31 Å². The zero-order valence-corrected chi connectivity index (χ0v) is 12.7. The van der Waals surface area contributed by atoms with Crippen LogP contribution in [-0.4, -0.2) is 37.8 Å². The Kier molecular flexibility index (Phi) is 4.79. The molecule has 1 saturated heterocycles. The number of nitro benzene ring substituents is 1. The fourth-order valence-electron chi connectivity index (χ4n) is 2.45.